The maximum absolute atomic E-state index is 12.5. The van der Waals surface area contributed by atoms with Crippen molar-refractivity contribution in [2.75, 3.05) is 32.3 Å². The van der Waals surface area contributed by atoms with Crippen molar-refractivity contribution in [3.8, 4) is 0 Å². The second-order valence-electron chi connectivity index (χ2n) is 8.12. The van der Waals surface area contributed by atoms with Gasteiger partial charge < -0.3 is 19.9 Å². The molecular weight excluding hydrogens is 479 g/mol. The Kier molecular flexibility index (Phi) is 8.03. The predicted octanol–water partition coefficient (Wildman–Crippen LogP) is 2.14. The van der Waals surface area contributed by atoms with E-state index in [-0.39, 0.29) is 10.9 Å². The molecule has 1 aliphatic carbocycles. The number of halogens is 3. The molecule has 34 heavy (non-hydrogen) atoms. The summed E-state index contributed by atoms with van der Waals surface area (Å²) in [5, 5.41) is 0. The molecule has 190 valence electrons. The number of aromatic nitrogens is 3. The lowest BCUT2D eigenvalue weighted by Gasteiger charge is -2.20. The molecule has 1 aliphatic rings. The molecule has 0 saturated carbocycles. The van der Waals surface area contributed by atoms with E-state index in [0.29, 0.717) is 43.6 Å². The van der Waals surface area contributed by atoms with Crippen molar-refractivity contribution in [1.82, 2.24) is 19.0 Å². The van der Waals surface area contributed by atoms with Crippen LogP contribution >= 0.6 is 0 Å². The first-order valence-electron chi connectivity index (χ1n) is 10.9. The van der Waals surface area contributed by atoms with Gasteiger partial charge in [0.1, 0.15) is 11.3 Å². The van der Waals surface area contributed by atoms with Gasteiger partial charge in [-0.1, -0.05) is 0 Å². The molecule has 14 heteroatoms. The zero-order valence-electron chi connectivity index (χ0n) is 19.0. The van der Waals surface area contributed by atoms with E-state index < -0.39 is 28.7 Å². The van der Waals surface area contributed by atoms with Crippen LogP contribution in [0.1, 0.15) is 42.8 Å². The zero-order valence-corrected chi connectivity index (χ0v) is 19.8. The third-order valence-corrected chi connectivity index (χ3v) is 6.55. The summed E-state index contributed by atoms with van der Waals surface area (Å²) in [6.45, 7) is 0.423. The minimum absolute atomic E-state index is 0.0739. The summed E-state index contributed by atoms with van der Waals surface area (Å²) in [4.78, 5) is 24.4. The normalized spacial score (nSPS) is 14.5. The predicted molar refractivity (Wildman–Crippen MR) is 117 cm³/mol. The summed E-state index contributed by atoms with van der Waals surface area (Å²) in [5.74, 6) is -1.52. The van der Waals surface area contributed by atoms with E-state index in [4.69, 9.17) is 10.5 Å². The highest BCUT2D eigenvalue weighted by molar-refractivity contribution is 7.88. The van der Waals surface area contributed by atoms with Crippen LogP contribution in [0.2, 0.25) is 0 Å². The van der Waals surface area contributed by atoms with Crippen molar-refractivity contribution in [2.24, 2.45) is 0 Å². The van der Waals surface area contributed by atoms with Gasteiger partial charge in [-0.05, 0) is 48.6 Å². The molecular formula is C20H28F3N5O5S. The first-order chi connectivity index (χ1) is 15.9. The monoisotopic (exact) mass is 507 g/mol. The van der Waals surface area contributed by atoms with Crippen LogP contribution in [0.25, 0.3) is 11.0 Å². The topological polar surface area (TPSA) is 130 Å². The molecule has 0 saturated heterocycles. The lowest BCUT2D eigenvalue weighted by Crippen LogP contribution is -2.38. The Labute approximate surface area is 195 Å². The molecule has 0 aromatic carbocycles. The molecule has 2 aromatic rings. The number of unbranched alkanes of at least 4 members (excludes halogenated alkanes) is 1. The van der Waals surface area contributed by atoms with Gasteiger partial charge in [-0.2, -0.15) is 13.2 Å². The van der Waals surface area contributed by atoms with Crippen LogP contribution in [0.3, 0.4) is 0 Å². The number of hydrogen-bond acceptors (Lipinski definition) is 8. The molecule has 0 spiro atoms. The number of methoxy groups -OCH3 is 1. The van der Waals surface area contributed by atoms with Crippen molar-refractivity contribution < 1.29 is 36.0 Å². The van der Waals surface area contributed by atoms with Crippen LogP contribution < -0.4 is 5.73 Å². The van der Waals surface area contributed by atoms with Crippen LogP contribution in [0.5, 0.6) is 0 Å². The number of anilines is 1. The second kappa shape index (κ2) is 10.4. The van der Waals surface area contributed by atoms with E-state index in [1.165, 1.54) is 0 Å². The number of nitrogen functional groups attached to an aromatic ring is 1. The van der Waals surface area contributed by atoms with E-state index in [1.807, 2.05) is 4.57 Å². The second-order valence-corrected chi connectivity index (χ2v) is 10.00. The average Bonchev–Trinajstić information content (AvgIpc) is 3.12. The van der Waals surface area contributed by atoms with Gasteiger partial charge in [0.15, 0.2) is 5.82 Å². The summed E-state index contributed by atoms with van der Waals surface area (Å²) < 4.78 is 68.4. The molecule has 0 bridgehead atoms. The summed E-state index contributed by atoms with van der Waals surface area (Å²) in [6.07, 6.45) is 0.104. The molecule has 0 atom stereocenters. The van der Waals surface area contributed by atoms with Gasteiger partial charge in [0.25, 0.3) is 0 Å². The fraction of sp³-hybridized carbons (Fsp3) is 0.650. The maximum Gasteiger partial charge on any atom is 0.492 e. The Hall–Kier alpha value is -2.45. The van der Waals surface area contributed by atoms with Gasteiger partial charge >= 0.3 is 12.1 Å². The Morgan fingerprint density at radius 1 is 1.21 bits per heavy atom. The summed E-state index contributed by atoms with van der Waals surface area (Å²) in [5.41, 5.74) is 9.70. The fourth-order valence-electron chi connectivity index (χ4n) is 4.01. The van der Waals surface area contributed by atoms with Crippen LogP contribution in [-0.4, -0.2) is 66.1 Å². The summed E-state index contributed by atoms with van der Waals surface area (Å²) in [7, 11) is -2.62. The number of alkyl halides is 3. The molecule has 10 nitrogen and oxygen atoms in total. The Morgan fingerprint density at radius 2 is 1.91 bits per heavy atom. The van der Waals surface area contributed by atoms with Gasteiger partial charge in [-0.25, -0.2) is 23.2 Å². The number of hydroxylamine groups is 1. The van der Waals surface area contributed by atoms with Gasteiger partial charge in [0, 0.05) is 25.8 Å². The Bertz CT molecular complexity index is 1150. The number of ether oxygens (including phenoxy) is 1. The molecule has 0 unspecified atom stereocenters. The molecule has 2 N–H and O–H groups in total. The van der Waals surface area contributed by atoms with E-state index in [2.05, 4.69) is 14.8 Å². The van der Waals surface area contributed by atoms with Gasteiger partial charge in [0.05, 0.1) is 24.9 Å². The standard InChI is InChI=1S/C20H28F3N5O5S/c1-32-12-9-15-26-16-17(13-7-3-4-8-14(13)25-18(16)24)27(15)10-5-6-11-28(34(2,30)31)33-19(29)20(21,22)23/h3-12H2,1-2H3,(H2,24,25). The highest BCUT2D eigenvalue weighted by Gasteiger charge is 2.43. The van der Waals surface area contributed by atoms with Crippen LogP contribution in [-0.2, 0) is 50.2 Å². The molecule has 3 rings (SSSR count). The number of fused-ring (bicyclic) bond motifs is 3. The Morgan fingerprint density at radius 3 is 2.56 bits per heavy atom. The van der Waals surface area contributed by atoms with Crippen molar-refractivity contribution in [1.29, 1.82) is 0 Å². The van der Waals surface area contributed by atoms with Crippen LogP contribution in [0, 0.1) is 0 Å². The number of nitrogens with two attached hydrogens (primary N) is 1. The van der Waals surface area contributed by atoms with Crippen molar-refractivity contribution in [2.45, 2.75) is 57.7 Å². The lowest BCUT2D eigenvalue weighted by atomic mass is 9.95. The van der Waals surface area contributed by atoms with E-state index in [1.54, 1.807) is 7.11 Å². The number of aryl methyl sites for hydroxylation is 3. The van der Waals surface area contributed by atoms with E-state index in [9.17, 15) is 26.4 Å². The minimum atomic E-state index is -5.30. The number of nitrogens with zero attached hydrogens (tertiary/aromatic N) is 4. The van der Waals surface area contributed by atoms with E-state index in [0.717, 1.165) is 48.3 Å². The lowest BCUT2D eigenvalue weighted by molar-refractivity contribution is -0.222. The largest absolute Gasteiger partial charge is 0.492 e. The van der Waals surface area contributed by atoms with Crippen molar-refractivity contribution >= 4 is 32.8 Å². The Balaban J connectivity index is 1.81. The number of pyridine rings is 1. The minimum Gasteiger partial charge on any atom is -0.384 e. The number of carbonyl (C=O) groups is 1. The van der Waals surface area contributed by atoms with Gasteiger partial charge in [-0.3, -0.25) is 0 Å². The number of rotatable bonds is 10. The van der Waals surface area contributed by atoms with E-state index >= 15 is 0 Å². The first kappa shape index (κ1) is 26.2. The molecule has 0 amide bonds. The highest BCUT2D eigenvalue weighted by Crippen LogP contribution is 2.32. The van der Waals surface area contributed by atoms with Gasteiger partial charge in [-0.15, -0.1) is 0 Å². The van der Waals surface area contributed by atoms with Crippen molar-refractivity contribution in [3.63, 3.8) is 0 Å². The first-order valence-corrected chi connectivity index (χ1v) is 12.7. The highest BCUT2D eigenvalue weighted by atomic mass is 32.2. The molecule has 0 radical (unpaired) electrons. The quantitative estimate of drug-likeness (QED) is 0.383. The van der Waals surface area contributed by atoms with Gasteiger partial charge in [0.2, 0.25) is 10.0 Å². The van der Waals surface area contributed by atoms with Crippen LogP contribution in [0.15, 0.2) is 0 Å². The third kappa shape index (κ3) is 5.96. The van der Waals surface area contributed by atoms with Crippen LogP contribution in [0.4, 0.5) is 19.0 Å². The molecule has 2 heterocycles. The molecule has 0 fully saturated rings. The average molecular weight is 508 g/mol. The number of imidazole rings is 1. The fourth-order valence-corrected chi connectivity index (χ4v) is 4.67. The molecule has 0 aliphatic heterocycles. The SMILES string of the molecule is COCCc1nc2c(N)nc3c(c2n1CCCCN(OC(=O)C(F)(F)F)S(C)(=O)=O)CCCC3. The number of sulfonamides is 1. The zero-order chi connectivity index (χ0) is 25.1. The smallest absolute Gasteiger partial charge is 0.384 e. The third-order valence-electron chi connectivity index (χ3n) is 5.56. The number of hydrogen-bond donors (Lipinski definition) is 1. The summed E-state index contributed by atoms with van der Waals surface area (Å²) in [6, 6.07) is 0. The summed E-state index contributed by atoms with van der Waals surface area (Å²) >= 11 is 0. The van der Waals surface area contributed by atoms with Crippen molar-refractivity contribution in [3.05, 3.63) is 17.1 Å². The maximum atomic E-state index is 12.5. The molecule has 2 aromatic heterocycles. The number of carbonyl (C=O) groups excluding carboxylic acids is 1.